The lowest BCUT2D eigenvalue weighted by atomic mass is 10.0. The molecule has 8 heteroatoms. The van der Waals surface area contributed by atoms with Crippen molar-refractivity contribution in [2.24, 2.45) is 7.05 Å². The second kappa shape index (κ2) is 7.87. The number of benzene rings is 1. The van der Waals surface area contributed by atoms with Crippen LogP contribution in [0.25, 0.3) is 11.5 Å². The summed E-state index contributed by atoms with van der Waals surface area (Å²) in [6, 6.07) is 12.2. The van der Waals surface area contributed by atoms with Crippen molar-refractivity contribution in [1.29, 1.82) is 0 Å². The van der Waals surface area contributed by atoms with Gasteiger partial charge in [0.05, 0.1) is 13.0 Å². The van der Waals surface area contributed by atoms with E-state index in [9.17, 15) is 4.79 Å². The molecule has 152 valence electrons. The molecular formula is C22H22N6OS. The number of hydrogen-bond acceptors (Lipinski definition) is 5. The predicted molar refractivity (Wildman–Crippen MR) is 115 cm³/mol. The van der Waals surface area contributed by atoms with Crippen molar-refractivity contribution in [1.82, 2.24) is 29.4 Å². The molecule has 0 radical (unpaired) electrons. The van der Waals surface area contributed by atoms with Gasteiger partial charge in [-0.25, -0.2) is 0 Å². The number of nitrogens with zero attached hydrogens (tertiary/aromatic N) is 6. The van der Waals surface area contributed by atoms with Crippen molar-refractivity contribution in [2.45, 2.75) is 25.9 Å². The topological polar surface area (TPSA) is 68.8 Å². The molecule has 4 heterocycles. The van der Waals surface area contributed by atoms with E-state index < -0.39 is 0 Å². The number of carbonyl (C=O) groups excluding carboxylic acids is 1. The fourth-order valence-electron chi connectivity index (χ4n) is 4.00. The Bertz CT molecular complexity index is 1160. The van der Waals surface area contributed by atoms with E-state index in [0.717, 1.165) is 29.1 Å². The van der Waals surface area contributed by atoms with Crippen molar-refractivity contribution >= 4 is 17.2 Å². The fourth-order valence-corrected chi connectivity index (χ4v) is 4.67. The molecule has 0 spiro atoms. The van der Waals surface area contributed by atoms with Gasteiger partial charge in [0.15, 0.2) is 5.82 Å². The van der Waals surface area contributed by atoms with Gasteiger partial charge < -0.3 is 9.47 Å². The molecule has 0 saturated carbocycles. The third-order valence-corrected chi connectivity index (χ3v) is 6.29. The van der Waals surface area contributed by atoms with Crippen LogP contribution in [-0.4, -0.2) is 41.9 Å². The van der Waals surface area contributed by atoms with Crippen LogP contribution in [0.2, 0.25) is 0 Å². The third kappa shape index (κ3) is 3.54. The van der Waals surface area contributed by atoms with E-state index in [1.165, 1.54) is 11.3 Å². The molecule has 3 aromatic heterocycles. The van der Waals surface area contributed by atoms with Gasteiger partial charge in [-0.1, -0.05) is 30.3 Å². The van der Waals surface area contributed by atoms with E-state index in [2.05, 4.69) is 22.3 Å². The van der Waals surface area contributed by atoms with Gasteiger partial charge >= 0.3 is 0 Å². The first kappa shape index (κ1) is 18.7. The van der Waals surface area contributed by atoms with Gasteiger partial charge in [0.2, 0.25) is 5.91 Å². The smallest absolute Gasteiger partial charge is 0.227 e. The maximum atomic E-state index is 12.9. The van der Waals surface area contributed by atoms with Gasteiger partial charge in [-0.2, -0.15) is 16.4 Å². The zero-order valence-electron chi connectivity index (χ0n) is 16.7. The highest BCUT2D eigenvalue weighted by Gasteiger charge is 2.29. The van der Waals surface area contributed by atoms with E-state index >= 15 is 0 Å². The third-order valence-electron chi connectivity index (χ3n) is 5.55. The summed E-state index contributed by atoms with van der Waals surface area (Å²) in [5.41, 5.74) is 5.30. The molecule has 1 aliphatic rings. The molecule has 1 amide bonds. The average Bonchev–Trinajstić information content (AvgIpc) is 3.50. The number of aryl methyl sites for hydroxylation is 1. The van der Waals surface area contributed by atoms with Crippen LogP contribution < -0.4 is 0 Å². The van der Waals surface area contributed by atoms with Crippen LogP contribution in [-0.2, 0) is 37.8 Å². The quantitative estimate of drug-likeness (QED) is 0.500. The molecule has 0 atom stereocenters. The highest BCUT2D eigenvalue weighted by molar-refractivity contribution is 7.08. The Morgan fingerprint density at radius 3 is 2.83 bits per heavy atom. The molecule has 1 aromatic carbocycles. The zero-order valence-corrected chi connectivity index (χ0v) is 17.5. The average molecular weight is 419 g/mol. The summed E-state index contributed by atoms with van der Waals surface area (Å²) in [6.07, 6.45) is 2.98. The van der Waals surface area contributed by atoms with Crippen LogP contribution >= 0.6 is 11.3 Å². The molecule has 0 saturated heterocycles. The van der Waals surface area contributed by atoms with Crippen molar-refractivity contribution in [2.75, 3.05) is 6.54 Å². The number of thiophene rings is 1. The molecule has 5 rings (SSSR count). The first-order valence-electron chi connectivity index (χ1n) is 9.94. The number of carbonyl (C=O) groups is 1. The highest BCUT2D eigenvalue weighted by atomic mass is 32.1. The van der Waals surface area contributed by atoms with Gasteiger partial charge in [0.1, 0.15) is 12.0 Å². The predicted octanol–water partition coefficient (Wildman–Crippen LogP) is 2.92. The van der Waals surface area contributed by atoms with Crippen molar-refractivity contribution in [3.05, 3.63) is 75.9 Å². The molecule has 0 fully saturated rings. The van der Waals surface area contributed by atoms with Crippen molar-refractivity contribution in [3.8, 4) is 11.5 Å². The van der Waals surface area contributed by atoms with Crippen molar-refractivity contribution < 1.29 is 4.79 Å². The molecule has 0 bridgehead atoms. The summed E-state index contributed by atoms with van der Waals surface area (Å²) in [6.45, 7) is 1.95. The van der Waals surface area contributed by atoms with Crippen LogP contribution in [0.5, 0.6) is 0 Å². The van der Waals surface area contributed by atoms with Gasteiger partial charge in [-0.3, -0.25) is 9.48 Å². The van der Waals surface area contributed by atoms with Crippen LogP contribution in [0.3, 0.4) is 0 Å². The number of rotatable bonds is 5. The Morgan fingerprint density at radius 1 is 1.17 bits per heavy atom. The summed E-state index contributed by atoms with van der Waals surface area (Å²) >= 11 is 1.62. The van der Waals surface area contributed by atoms with E-state index in [4.69, 9.17) is 5.10 Å². The Morgan fingerprint density at radius 2 is 2.03 bits per heavy atom. The monoisotopic (exact) mass is 418 g/mol. The fraction of sp³-hybridized carbons (Fsp3) is 0.273. The minimum absolute atomic E-state index is 0.152. The molecule has 0 N–H and O–H groups in total. The standard InChI is InChI=1S/C22H22N6OS/c1-26-19-7-9-27(20(29)11-17-8-10-30-14-17)13-18(19)21(25-26)22-24-23-15-28(22)12-16-5-3-2-4-6-16/h2-6,8,10,14-15H,7,9,11-13H2,1H3. The lowest BCUT2D eigenvalue weighted by Crippen LogP contribution is -2.37. The summed E-state index contributed by atoms with van der Waals surface area (Å²) in [7, 11) is 1.96. The normalized spacial score (nSPS) is 13.4. The van der Waals surface area contributed by atoms with Gasteiger partial charge in [-0.05, 0) is 28.0 Å². The van der Waals surface area contributed by atoms with Crippen molar-refractivity contribution in [3.63, 3.8) is 0 Å². The SMILES string of the molecule is Cn1nc(-c2nncn2Cc2ccccc2)c2c1CCN(C(=O)Cc1ccsc1)C2. The molecule has 0 unspecified atom stereocenters. The summed E-state index contributed by atoms with van der Waals surface area (Å²) in [4.78, 5) is 14.8. The molecule has 7 nitrogen and oxygen atoms in total. The molecule has 4 aromatic rings. The van der Waals surface area contributed by atoms with E-state index in [-0.39, 0.29) is 5.91 Å². The first-order valence-corrected chi connectivity index (χ1v) is 10.9. The van der Waals surface area contributed by atoms with Crippen LogP contribution in [0.15, 0.2) is 53.5 Å². The Labute approximate surface area is 178 Å². The number of hydrogen-bond donors (Lipinski definition) is 0. The zero-order chi connectivity index (χ0) is 20.5. The second-order valence-electron chi connectivity index (χ2n) is 7.54. The minimum Gasteiger partial charge on any atom is -0.338 e. The van der Waals surface area contributed by atoms with Crippen LogP contribution in [0, 0.1) is 0 Å². The molecule has 1 aliphatic heterocycles. The molecular weight excluding hydrogens is 396 g/mol. The van der Waals surface area contributed by atoms with Crippen LogP contribution in [0.1, 0.15) is 22.4 Å². The Balaban J connectivity index is 1.43. The van der Waals surface area contributed by atoms with Gasteiger partial charge in [0, 0.05) is 37.8 Å². The second-order valence-corrected chi connectivity index (χ2v) is 8.32. The number of amides is 1. The van der Waals surface area contributed by atoms with Gasteiger partial charge in [-0.15, -0.1) is 10.2 Å². The largest absolute Gasteiger partial charge is 0.338 e. The molecule has 0 aliphatic carbocycles. The number of fused-ring (bicyclic) bond motifs is 1. The minimum atomic E-state index is 0.152. The van der Waals surface area contributed by atoms with E-state index in [1.54, 1.807) is 17.7 Å². The lowest BCUT2D eigenvalue weighted by Gasteiger charge is -2.27. The summed E-state index contributed by atoms with van der Waals surface area (Å²) in [5.74, 6) is 0.891. The van der Waals surface area contributed by atoms with Gasteiger partial charge in [0.25, 0.3) is 0 Å². The first-order chi connectivity index (χ1) is 14.7. The Hall–Kier alpha value is -3.26. The maximum absolute atomic E-state index is 12.9. The summed E-state index contributed by atoms with van der Waals surface area (Å²) < 4.78 is 3.94. The van der Waals surface area contributed by atoms with E-state index in [1.807, 2.05) is 56.2 Å². The molecule has 30 heavy (non-hydrogen) atoms. The lowest BCUT2D eigenvalue weighted by molar-refractivity contribution is -0.131. The summed E-state index contributed by atoms with van der Waals surface area (Å²) in [5, 5.41) is 17.3. The van der Waals surface area contributed by atoms with E-state index in [0.29, 0.717) is 26.1 Å². The Kier molecular flexibility index (Phi) is 4.92. The van der Waals surface area contributed by atoms with Crippen LogP contribution in [0.4, 0.5) is 0 Å². The highest BCUT2D eigenvalue weighted by Crippen LogP contribution is 2.29. The maximum Gasteiger partial charge on any atom is 0.227 e. The number of aromatic nitrogens is 5.